The van der Waals surface area contributed by atoms with Gasteiger partial charge in [0, 0.05) is 25.7 Å². The second-order valence-corrected chi connectivity index (χ2v) is 18.8. The first-order valence-electron chi connectivity index (χ1n) is 19.3. The predicted molar refractivity (Wildman–Crippen MR) is 192 cm³/mol. The van der Waals surface area contributed by atoms with Gasteiger partial charge >= 0.3 is 0 Å². The summed E-state index contributed by atoms with van der Waals surface area (Å²) in [6.45, 7) is 3.99. The lowest BCUT2D eigenvalue weighted by Crippen LogP contribution is -2.60. The number of nitrogens with zero attached hydrogens (tertiary/aromatic N) is 2. The van der Waals surface area contributed by atoms with Gasteiger partial charge in [0.2, 0.25) is 17.7 Å². The molecule has 1 aliphatic heterocycles. The van der Waals surface area contributed by atoms with E-state index in [-0.39, 0.29) is 55.9 Å². The summed E-state index contributed by atoms with van der Waals surface area (Å²) in [5.74, 6) is -1.97. The maximum Gasteiger partial charge on any atom is 0.243 e. The van der Waals surface area contributed by atoms with Gasteiger partial charge in [0.15, 0.2) is 9.84 Å². The van der Waals surface area contributed by atoms with E-state index in [0.29, 0.717) is 25.3 Å². The van der Waals surface area contributed by atoms with Crippen molar-refractivity contribution in [2.24, 2.45) is 23.5 Å². The number of aryl methyl sites for hydroxylation is 1. The Labute approximate surface area is 303 Å². The molecule has 0 radical (unpaired) electrons. The first kappa shape index (κ1) is 39.7. The Balaban J connectivity index is 1.56. The van der Waals surface area contributed by atoms with Crippen LogP contribution in [0.1, 0.15) is 122 Å². The highest BCUT2D eigenvalue weighted by Gasteiger charge is 2.55. The summed E-state index contributed by atoms with van der Waals surface area (Å²) >= 11 is 0. The lowest BCUT2D eigenvalue weighted by Gasteiger charge is -2.40. The van der Waals surface area contributed by atoms with Crippen LogP contribution in [-0.2, 0) is 40.8 Å². The molecule has 6 N–H and O–H groups in total. The molecule has 4 aliphatic rings. The molecule has 288 valence electrons. The van der Waals surface area contributed by atoms with Gasteiger partial charge in [-0.2, -0.15) is 0 Å². The quantitative estimate of drug-likeness (QED) is 0.159. The summed E-state index contributed by atoms with van der Waals surface area (Å²) in [6.07, 6.45) is 11.6. The van der Waals surface area contributed by atoms with Crippen molar-refractivity contribution in [3.63, 3.8) is 0 Å². The van der Waals surface area contributed by atoms with Crippen LogP contribution < -0.4 is 11.1 Å². The van der Waals surface area contributed by atoms with Crippen LogP contribution in [0.5, 0.6) is 0 Å². The van der Waals surface area contributed by atoms with Crippen molar-refractivity contribution in [1.29, 1.82) is 0 Å². The average molecular weight is 736 g/mol. The van der Waals surface area contributed by atoms with Gasteiger partial charge in [-0.25, -0.2) is 13.4 Å². The van der Waals surface area contributed by atoms with Crippen molar-refractivity contribution in [2.45, 2.75) is 145 Å². The number of nitrogens with one attached hydrogen (secondary N) is 2. The number of aliphatic hydroxyl groups is 2. The molecule has 0 unspecified atom stereocenters. The number of aromatic amines is 1. The highest BCUT2D eigenvalue weighted by atomic mass is 32.2. The molecular formula is C37H61N5O8S. The Morgan fingerprint density at radius 2 is 1.61 bits per heavy atom. The Kier molecular flexibility index (Phi) is 13.3. The SMILES string of the molecule is CC(C)(C(=O)N1CCOCC1)S(=O)(=O)C[C@@](CC1CCCCC1)(C(=O)N[C@@H](CC1CCCCC1)[C@@H](O)[C@@H](O)C1CC1)c1nc(CCC(N)=O)c[nH]1. The standard InChI is InChI=1S/C37H61N5O8S/c1-36(2,35(47)42-17-19-50-20-18-42)51(48,49)24-37(22-26-11-7-4-8-12-26,33-39-23-28(40-33)15-16-30(38)43)34(46)41-29(21-25-9-5-3-6-10-25)32(45)31(44)27-13-14-27/h23,25-27,29,31-32,44-45H,3-22,24H2,1-2H3,(H2,38,43)(H,39,40)(H,41,46)/t29-,31-,32+,37+/m0/s1. The zero-order valence-electron chi connectivity index (χ0n) is 30.6. The number of sulfone groups is 1. The second-order valence-electron chi connectivity index (χ2n) is 16.3. The van der Waals surface area contributed by atoms with Gasteiger partial charge in [0.25, 0.3) is 0 Å². The minimum Gasteiger partial charge on any atom is -0.390 e. The lowest BCUT2D eigenvalue weighted by atomic mass is 9.73. The van der Waals surface area contributed by atoms with E-state index in [2.05, 4.69) is 10.3 Å². The summed E-state index contributed by atoms with van der Waals surface area (Å²) in [7, 11) is -4.37. The van der Waals surface area contributed by atoms with Crippen molar-refractivity contribution in [3.8, 4) is 0 Å². The van der Waals surface area contributed by atoms with Gasteiger partial charge in [0.1, 0.15) is 22.1 Å². The molecule has 13 nitrogen and oxygen atoms in total. The Morgan fingerprint density at radius 1 is 1.00 bits per heavy atom. The van der Waals surface area contributed by atoms with Crippen molar-refractivity contribution < 1.29 is 37.8 Å². The number of morpholine rings is 1. The van der Waals surface area contributed by atoms with Gasteiger partial charge in [0.05, 0.1) is 36.8 Å². The molecule has 4 fully saturated rings. The van der Waals surface area contributed by atoms with Gasteiger partial charge in [-0.3, -0.25) is 14.4 Å². The Morgan fingerprint density at radius 3 is 2.20 bits per heavy atom. The molecule has 0 aromatic carbocycles. The van der Waals surface area contributed by atoms with Crippen LogP contribution in [0.25, 0.3) is 0 Å². The van der Waals surface area contributed by atoms with Crippen LogP contribution in [-0.4, -0.2) is 106 Å². The number of aliphatic hydroxyl groups excluding tert-OH is 2. The molecule has 4 atom stereocenters. The van der Waals surface area contributed by atoms with E-state index in [1.54, 1.807) is 6.20 Å². The highest BCUT2D eigenvalue weighted by Crippen LogP contribution is 2.41. The van der Waals surface area contributed by atoms with Gasteiger partial charge in [-0.15, -0.1) is 0 Å². The largest absolute Gasteiger partial charge is 0.390 e. The number of carbonyl (C=O) groups is 3. The van der Waals surface area contributed by atoms with E-state index < -0.39 is 61.7 Å². The third-order valence-corrected chi connectivity index (χ3v) is 14.6. The fourth-order valence-electron chi connectivity index (χ4n) is 8.47. The number of ether oxygens (including phenoxy) is 1. The van der Waals surface area contributed by atoms with E-state index >= 15 is 4.79 Å². The maximum absolute atomic E-state index is 15.2. The second kappa shape index (κ2) is 17.1. The van der Waals surface area contributed by atoms with Crippen molar-refractivity contribution >= 4 is 27.6 Å². The summed E-state index contributed by atoms with van der Waals surface area (Å²) in [5, 5.41) is 25.9. The third-order valence-electron chi connectivity index (χ3n) is 12.0. The fourth-order valence-corrected chi connectivity index (χ4v) is 10.3. The molecular weight excluding hydrogens is 675 g/mol. The first-order chi connectivity index (χ1) is 24.2. The first-order valence-corrected chi connectivity index (χ1v) is 21.0. The lowest BCUT2D eigenvalue weighted by molar-refractivity contribution is -0.137. The molecule has 3 saturated carbocycles. The zero-order chi connectivity index (χ0) is 36.8. The number of amides is 3. The Hall–Kier alpha value is -2.55. The fraction of sp³-hybridized carbons (Fsp3) is 0.838. The summed E-state index contributed by atoms with van der Waals surface area (Å²) in [6, 6.07) is -0.808. The van der Waals surface area contributed by atoms with Crippen molar-refractivity contribution in [1.82, 2.24) is 20.2 Å². The number of imidazole rings is 1. The van der Waals surface area contributed by atoms with Crippen LogP contribution in [0.2, 0.25) is 0 Å². The topological polar surface area (TPSA) is 205 Å². The molecule has 14 heteroatoms. The molecule has 2 heterocycles. The van der Waals surface area contributed by atoms with Crippen LogP contribution in [0.15, 0.2) is 6.20 Å². The molecule has 0 bridgehead atoms. The number of hydrogen-bond donors (Lipinski definition) is 5. The normalized spacial score (nSPS) is 22.9. The number of primary amides is 1. The summed E-state index contributed by atoms with van der Waals surface area (Å²) < 4.78 is 33.1. The Bertz CT molecular complexity index is 1440. The minimum atomic E-state index is -4.37. The zero-order valence-corrected chi connectivity index (χ0v) is 31.4. The summed E-state index contributed by atoms with van der Waals surface area (Å²) in [4.78, 5) is 50.2. The van der Waals surface area contributed by atoms with Crippen LogP contribution in [0.4, 0.5) is 0 Å². The molecule has 1 aromatic rings. The molecule has 51 heavy (non-hydrogen) atoms. The highest BCUT2D eigenvalue weighted by molar-refractivity contribution is 7.93. The predicted octanol–water partition coefficient (Wildman–Crippen LogP) is 2.68. The molecule has 5 rings (SSSR count). The van der Waals surface area contributed by atoms with Crippen LogP contribution in [0.3, 0.4) is 0 Å². The van der Waals surface area contributed by atoms with Gasteiger partial charge in [-0.05, 0) is 63.7 Å². The minimum absolute atomic E-state index is 0.00991. The van der Waals surface area contributed by atoms with Gasteiger partial charge < -0.3 is 35.9 Å². The van der Waals surface area contributed by atoms with Crippen molar-refractivity contribution in [2.75, 3.05) is 32.1 Å². The number of H-pyrrole nitrogens is 1. The number of rotatable bonds is 17. The maximum atomic E-state index is 15.2. The third kappa shape index (κ3) is 9.71. The smallest absolute Gasteiger partial charge is 0.243 e. The van der Waals surface area contributed by atoms with Crippen LogP contribution >= 0.6 is 0 Å². The molecule has 1 aromatic heterocycles. The van der Waals surface area contributed by atoms with Gasteiger partial charge in [-0.1, -0.05) is 64.2 Å². The number of carbonyl (C=O) groups excluding carboxylic acids is 3. The van der Waals surface area contributed by atoms with E-state index in [4.69, 9.17) is 15.5 Å². The van der Waals surface area contributed by atoms with Crippen LogP contribution in [0, 0.1) is 17.8 Å². The molecule has 0 spiro atoms. The monoisotopic (exact) mass is 735 g/mol. The molecule has 1 saturated heterocycles. The van der Waals surface area contributed by atoms with E-state index in [9.17, 15) is 28.2 Å². The number of nitrogens with two attached hydrogens (primary N) is 1. The van der Waals surface area contributed by atoms with E-state index in [0.717, 1.165) is 77.0 Å². The molecule has 3 aliphatic carbocycles. The van der Waals surface area contributed by atoms with E-state index in [1.165, 1.54) is 18.7 Å². The number of aromatic nitrogens is 2. The van der Waals surface area contributed by atoms with Crippen molar-refractivity contribution in [3.05, 3.63) is 17.7 Å². The average Bonchev–Trinajstić information content (AvgIpc) is 3.86. The van der Waals surface area contributed by atoms with E-state index in [1.807, 2.05) is 0 Å². The molecule has 3 amide bonds. The number of hydrogen-bond acceptors (Lipinski definition) is 9. The summed E-state index contributed by atoms with van der Waals surface area (Å²) in [5.41, 5.74) is 4.13.